The lowest BCUT2D eigenvalue weighted by Gasteiger charge is -2.38. The fourth-order valence-electron chi connectivity index (χ4n) is 6.49. The van der Waals surface area contributed by atoms with Crippen LogP contribution < -0.4 is 19.5 Å². The maximum absolute atomic E-state index is 11.4. The quantitative estimate of drug-likeness (QED) is 0.322. The van der Waals surface area contributed by atoms with E-state index in [0.29, 0.717) is 35.8 Å². The Balaban J connectivity index is 1.42. The maximum atomic E-state index is 11.4. The Morgan fingerprint density at radius 2 is 1.83 bits per heavy atom. The van der Waals surface area contributed by atoms with Crippen molar-refractivity contribution < 1.29 is 34.3 Å². The minimum absolute atomic E-state index is 0.0287. The predicted octanol–water partition coefficient (Wildman–Crippen LogP) is 4.20. The van der Waals surface area contributed by atoms with Gasteiger partial charge in [0, 0.05) is 49.7 Å². The average Bonchev–Trinajstić information content (AvgIpc) is 3.42. The van der Waals surface area contributed by atoms with E-state index < -0.39 is 12.2 Å². The lowest BCUT2D eigenvalue weighted by molar-refractivity contribution is 0.0200. The number of nitrogens with zero attached hydrogens (tertiary/aromatic N) is 1. The van der Waals surface area contributed by atoms with Gasteiger partial charge in [-0.1, -0.05) is 12.1 Å². The Kier molecular flexibility index (Phi) is 7.32. The number of hydrogen-bond donors (Lipinski definition) is 4. The highest BCUT2D eigenvalue weighted by Crippen LogP contribution is 2.53. The molecule has 41 heavy (non-hydrogen) atoms. The van der Waals surface area contributed by atoms with Crippen molar-refractivity contribution in [2.75, 3.05) is 34.5 Å². The monoisotopic (exact) mass is 560 g/mol. The van der Waals surface area contributed by atoms with Crippen molar-refractivity contribution in [2.24, 2.45) is 0 Å². The molecule has 4 unspecified atom stereocenters. The summed E-state index contributed by atoms with van der Waals surface area (Å²) in [5, 5.41) is 35.1. The second-order valence-corrected chi connectivity index (χ2v) is 10.8. The standard InChI is InChI=1S/C32H36N2O7/c1-38-17-29-33-9-11-34(29)10-8-18-12-20-13-21(35)5-6-22(20)31-28(40-3)16-26-23(30(18)31)15-25(37)32(41-26)19-4-7-24(36)27(14-19)39-2/h4-7,9,11,13-14,16,18,25,29,32-33,35-37H,8,10,12,15,17H2,1-3H3. The number of fused-ring (bicyclic) bond motifs is 5. The number of phenols is 2. The van der Waals surface area contributed by atoms with Crippen LogP contribution in [0.15, 0.2) is 54.9 Å². The third-order valence-electron chi connectivity index (χ3n) is 8.42. The molecule has 0 radical (unpaired) electrons. The van der Waals surface area contributed by atoms with Crippen LogP contribution >= 0.6 is 0 Å². The number of rotatable bonds is 8. The summed E-state index contributed by atoms with van der Waals surface area (Å²) in [5.41, 5.74) is 5.88. The van der Waals surface area contributed by atoms with E-state index in [-0.39, 0.29) is 23.6 Å². The molecule has 0 spiro atoms. The zero-order valence-corrected chi connectivity index (χ0v) is 23.5. The van der Waals surface area contributed by atoms with E-state index in [0.717, 1.165) is 47.2 Å². The highest BCUT2D eigenvalue weighted by molar-refractivity contribution is 5.83. The number of benzene rings is 3. The van der Waals surface area contributed by atoms with Gasteiger partial charge in [0.15, 0.2) is 11.5 Å². The topological polar surface area (TPSA) is 113 Å². The molecule has 216 valence electrons. The van der Waals surface area contributed by atoms with Crippen molar-refractivity contribution in [3.63, 3.8) is 0 Å². The number of aromatic hydroxyl groups is 2. The Hall–Kier alpha value is -4.08. The van der Waals surface area contributed by atoms with Crippen LogP contribution in [0.2, 0.25) is 0 Å². The molecule has 4 atom stereocenters. The molecular formula is C32H36N2O7. The normalized spacial score (nSPS) is 22.3. The second kappa shape index (κ2) is 11.1. The number of methoxy groups -OCH3 is 3. The van der Waals surface area contributed by atoms with Gasteiger partial charge in [-0.25, -0.2) is 0 Å². The highest BCUT2D eigenvalue weighted by Gasteiger charge is 2.38. The molecule has 0 aromatic heterocycles. The van der Waals surface area contributed by atoms with Gasteiger partial charge in [0.1, 0.15) is 29.5 Å². The average molecular weight is 561 g/mol. The Labute approximate surface area is 239 Å². The Morgan fingerprint density at radius 1 is 1.00 bits per heavy atom. The van der Waals surface area contributed by atoms with E-state index in [1.807, 2.05) is 24.4 Å². The molecule has 3 aromatic rings. The van der Waals surface area contributed by atoms with Crippen LogP contribution in [0.25, 0.3) is 11.1 Å². The smallest absolute Gasteiger partial charge is 0.160 e. The highest BCUT2D eigenvalue weighted by atomic mass is 16.5. The number of nitrogens with one attached hydrogen (secondary N) is 1. The van der Waals surface area contributed by atoms with Crippen LogP contribution in [-0.2, 0) is 17.6 Å². The molecular weight excluding hydrogens is 524 g/mol. The van der Waals surface area contributed by atoms with Crippen molar-refractivity contribution in [1.29, 1.82) is 0 Å². The summed E-state index contributed by atoms with van der Waals surface area (Å²) in [7, 11) is 4.85. The summed E-state index contributed by atoms with van der Waals surface area (Å²) in [6.07, 6.45) is 4.60. The lowest BCUT2D eigenvalue weighted by Crippen LogP contribution is -2.40. The minimum atomic E-state index is -0.812. The second-order valence-electron chi connectivity index (χ2n) is 10.8. The lowest BCUT2D eigenvalue weighted by atomic mass is 9.73. The molecule has 1 aliphatic carbocycles. The van der Waals surface area contributed by atoms with Crippen LogP contribution in [0.1, 0.15) is 40.7 Å². The van der Waals surface area contributed by atoms with Crippen LogP contribution in [-0.4, -0.2) is 67.0 Å². The van der Waals surface area contributed by atoms with Gasteiger partial charge in [-0.3, -0.25) is 0 Å². The van der Waals surface area contributed by atoms with Gasteiger partial charge < -0.3 is 44.5 Å². The van der Waals surface area contributed by atoms with E-state index in [4.69, 9.17) is 18.9 Å². The first-order chi connectivity index (χ1) is 19.9. The molecule has 0 saturated heterocycles. The first-order valence-electron chi connectivity index (χ1n) is 13.9. The third kappa shape index (κ3) is 4.89. The van der Waals surface area contributed by atoms with Crippen molar-refractivity contribution in [3.8, 4) is 39.9 Å². The largest absolute Gasteiger partial charge is 0.508 e. The molecule has 0 saturated carbocycles. The number of aliphatic hydroxyl groups excluding tert-OH is 1. The molecule has 0 bridgehead atoms. The third-order valence-corrected chi connectivity index (χ3v) is 8.42. The molecule has 6 rings (SSSR count). The van der Waals surface area contributed by atoms with Crippen LogP contribution in [0.5, 0.6) is 28.7 Å². The van der Waals surface area contributed by atoms with Gasteiger partial charge in [-0.15, -0.1) is 0 Å². The van der Waals surface area contributed by atoms with Gasteiger partial charge in [-0.2, -0.15) is 0 Å². The number of ether oxygens (including phenoxy) is 4. The zero-order chi connectivity index (χ0) is 28.7. The minimum Gasteiger partial charge on any atom is -0.508 e. The first kappa shape index (κ1) is 27.1. The predicted molar refractivity (Wildman–Crippen MR) is 154 cm³/mol. The van der Waals surface area contributed by atoms with Crippen LogP contribution in [0.3, 0.4) is 0 Å². The van der Waals surface area contributed by atoms with E-state index in [9.17, 15) is 15.3 Å². The summed E-state index contributed by atoms with van der Waals surface area (Å²) in [6, 6.07) is 12.4. The fraction of sp³-hybridized carbons (Fsp3) is 0.375. The van der Waals surface area contributed by atoms with Crippen molar-refractivity contribution in [2.45, 2.75) is 43.6 Å². The summed E-state index contributed by atoms with van der Waals surface area (Å²) in [6.45, 7) is 1.36. The molecule has 2 aliphatic heterocycles. The Bertz CT molecular complexity index is 1470. The van der Waals surface area contributed by atoms with E-state index >= 15 is 0 Å². The first-order valence-corrected chi connectivity index (χ1v) is 13.9. The molecule has 3 aromatic carbocycles. The van der Waals surface area contributed by atoms with Gasteiger partial charge >= 0.3 is 0 Å². The maximum Gasteiger partial charge on any atom is 0.160 e. The molecule has 2 heterocycles. The summed E-state index contributed by atoms with van der Waals surface area (Å²) in [4.78, 5) is 2.24. The SMILES string of the molecule is COCC1NC=CN1CCC1Cc2cc(O)ccc2-c2c(OC)cc3c(c21)CC(O)C(c1ccc(O)c(OC)c1)O3. The van der Waals surface area contributed by atoms with E-state index in [1.54, 1.807) is 38.5 Å². The zero-order valence-electron chi connectivity index (χ0n) is 23.5. The molecule has 9 heteroatoms. The van der Waals surface area contributed by atoms with Crippen LogP contribution in [0, 0.1) is 0 Å². The fourth-order valence-corrected chi connectivity index (χ4v) is 6.49. The van der Waals surface area contributed by atoms with Gasteiger partial charge in [0.05, 0.1) is 26.9 Å². The number of phenolic OH excluding ortho intramolecular Hbond substituents is 2. The van der Waals surface area contributed by atoms with Crippen molar-refractivity contribution in [1.82, 2.24) is 10.2 Å². The van der Waals surface area contributed by atoms with E-state index in [2.05, 4.69) is 16.4 Å². The summed E-state index contributed by atoms with van der Waals surface area (Å²) < 4.78 is 23.1. The molecule has 4 N–H and O–H groups in total. The van der Waals surface area contributed by atoms with Crippen molar-refractivity contribution >= 4 is 0 Å². The molecule has 0 fully saturated rings. The van der Waals surface area contributed by atoms with Gasteiger partial charge in [0.2, 0.25) is 0 Å². The Morgan fingerprint density at radius 3 is 2.61 bits per heavy atom. The van der Waals surface area contributed by atoms with Crippen molar-refractivity contribution in [3.05, 3.63) is 77.1 Å². The summed E-state index contributed by atoms with van der Waals surface area (Å²) >= 11 is 0. The molecule has 0 amide bonds. The van der Waals surface area contributed by atoms with Gasteiger partial charge in [-0.05, 0) is 65.3 Å². The molecule has 3 aliphatic rings. The van der Waals surface area contributed by atoms with E-state index in [1.165, 1.54) is 7.11 Å². The molecule has 9 nitrogen and oxygen atoms in total. The number of aliphatic hydroxyl groups is 1. The number of hydrogen-bond acceptors (Lipinski definition) is 9. The van der Waals surface area contributed by atoms with Crippen LogP contribution in [0.4, 0.5) is 0 Å². The summed E-state index contributed by atoms with van der Waals surface area (Å²) in [5.74, 6) is 2.05. The van der Waals surface area contributed by atoms with Gasteiger partial charge in [0.25, 0.3) is 0 Å².